The lowest BCUT2D eigenvalue weighted by molar-refractivity contribution is -0.142. The van der Waals surface area contributed by atoms with Gasteiger partial charge in [-0.15, -0.1) is 11.3 Å². The van der Waals surface area contributed by atoms with Crippen molar-refractivity contribution >= 4 is 33.2 Å². The van der Waals surface area contributed by atoms with E-state index >= 15 is 0 Å². The van der Waals surface area contributed by atoms with Gasteiger partial charge in [0.15, 0.2) is 0 Å². The van der Waals surface area contributed by atoms with Gasteiger partial charge in [0.1, 0.15) is 10.3 Å². The summed E-state index contributed by atoms with van der Waals surface area (Å²) in [4.78, 5) is 24.8. The second-order valence-corrected chi connectivity index (χ2v) is 8.77. The van der Waals surface area contributed by atoms with E-state index in [0.717, 1.165) is 17.8 Å². The van der Waals surface area contributed by atoms with Gasteiger partial charge in [0.05, 0.1) is 5.56 Å². The van der Waals surface area contributed by atoms with Gasteiger partial charge in [-0.3, -0.25) is 4.79 Å². The standard InChI is InChI=1S/C14H18N2O6S2/c17-13(11-2-1-7-22-11)15-3-5-16(6-4-15)24(20,21)12-8-10(9-23-12)14(18)19/h8-9,11H,1-7H2,(H,18,19). The van der Waals surface area contributed by atoms with E-state index in [9.17, 15) is 18.0 Å². The molecule has 3 rings (SSSR count). The minimum absolute atomic E-state index is 0.0128. The molecule has 2 aliphatic heterocycles. The normalized spacial score (nSPS) is 22.7. The van der Waals surface area contributed by atoms with Gasteiger partial charge in [-0.05, 0) is 18.9 Å². The Balaban J connectivity index is 1.64. The predicted octanol–water partition coefficient (Wildman–Crippen LogP) is 0.458. The first-order valence-corrected chi connectivity index (χ1v) is 9.94. The van der Waals surface area contributed by atoms with E-state index in [-0.39, 0.29) is 28.8 Å². The molecule has 1 unspecified atom stereocenters. The largest absolute Gasteiger partial charge is 0.478 e. The second kappa shape index (κ2) is 6.79. The molecule has 0 aromatic carbocycles. The fraction of sp³-hybridized carbons (Fsp3) is 0.571. The maximum Gasteiger partial charge on any atom is 0.336 e. The zero-order valence-electron chi connectivity index (χ0n) is 12.9. The quantitative estimate of drug-likeness (QED) is 0.821. The maximum absolute atomic E-state index is 12.6. The highest BCUT2D eigenvalue weighted by Gasteiger charge is 2.34. The summed E-state index contributed by atoms with van der Waals surface area (Å²) in [6, 6.07) is 1.17. The van der Waals surface area contributed by atoms with Crippen LogP contribution in [0.2, 0.25) is 0 Å². The van der Waals surface area contributed by atoms with Gasteiger partial charge in [0, 0.05) is 38.2 Å². The fourth-order valence-electron chi connectivity index (χ4n) is 2.82. The molecule has 0 aliphatic carbocycles. The SMILES string of the molecule is O=C(O)c1csc(S(=O)(=O)N2CCN(C(=O)C3CCCO3)CC2)c1. The number of thiophene rings is 1. The zero-order chi connectivity index (χ0) is 17.3. The summed E-state index contributed by atoms with van der Waals surface area (Å²) in [7, 11) is -3.72. The van der Waals surface area contributed by atoms with Crippen LogP contribution in [0.5, 0.6) is 0 Å². The van der Waals surface area contributed by atoms with Crippen molar-refractivity contribution in [2.24, 2.45) is 0 Å². The molecule has 2 fully saturated rings. The van der Waals surface area contributed by atoms with E-state index in [1.54, 1.807) is 4.90 Å². The molecule has 1 aromatic heterocycles. The Labute approximate surface area is 143 Å². The molecule has 0 radical (unpaired) electrons. The number of amides is 1. The molecule has 1 aromatic rings. The Morgan fingerprint density at radius 3 is 2.50 bits per heavy atom. The lowest BCUT2D eigenvalue weighted by atomic mass is 10.2. The van der Waals surface area contributed by atoms with Crippen LogP contribution in [0.1, 0.15) is 23.2 Å². The third-order valence-electron chi connectivity index (χ3n) is 4.17. The number of carboxylic acid groups (broad SMARTS) is 1. The first kappa shape index (κ1) is 17.3. The molecule has 0 spiro atoms. The fourth-order valence-corrected chi connectivity index (χ4v) is 5.54. The molecular weight excluding hydrogens is 356 g/mol. The van der Waals surface area contributed by atoms with Crippen LogP contribution in [0.3, 0.4) is 0 Å². The van der Waals surface area contributed by atoms with Crippen molar-refractivity contribution in [1.82, 2.24) is 9.21 Å². The number of hydrogen-bond donors (Lipinski definition) is 1. The Bertz CT molecular complexity index is 730. The van der Waals surface area contributed by atoms with Crippen LogP contribution in [0, 0.1) is 0 Å². The smallest absolute Gasteiger partial charge is 0.336 e. The Kier molecular flexibility index (Phi) is 4.90. The number of carboxylic acids is 1. The van der Waals surface area contributed by atoms with Crippen molar-refractivity contribution in [3.8, 4) is 0 Å². The van der Waals surface area contributed by atoms with E-state index in [2.05, 4.69) is 0 Å². The number of nitrogens with zero attached hydrogens (tertiary/aromatic N) is 2. The molecule has 3 heterocycles. The minimum Gasteiger partial charge on any atom is -0.478 e. The van der Waals surface area contributed by atoms with E-state index in [0.29, 0.717) is 26.1 Å². The number of carbonyl (C=O) groups is 2. The highest BCUT2D eigenvalue weighted by Crippen LogP contribution is 2.25. The van der Waals surface area contributed by atoms with Crippen molar-refractivity contribution in [1.29, 1.82) is 0 Å². The average molecular weight is 374 g/mol. The molecule has 1 atom stereocenters. The Hall–Kier alpha value is -1.49. The van der Waals surface area contributed by atoms with Crippen LogP contribution in [-0.4, -0.2) is 73.5 Å². The number of rotatable bonds is 4. The first-order chi connectivity index (χ1) is 11.4. The van der Waals surface area contributed by atoms with Gasteiger partial charge >= 0.3 is 5.97 Å². The molecule has 1 amide bonds. The van der Waals surface area contributed by atoms with Gasteiger partial charge in [0.25, 0.3) is 15.9 Å². The summed E-state index contributed by atoms with van der Waals surface area (Å²) < 4.78 is 31.8. The average Bonchev–Trinajstić information content (AvgIpc) is 3.26. The molecule has 2 saturated heterocycles. The lowest BCUT2D eigenvalue weighted by Crippen LogP contribution is -2.52. The van der Waals surface area contributed by atoms with Gasteiger partial charge in [0.2, 0.25) is 0 Å². The van der Waals surface area contributed by atoms with Gasteiger partial charge in [-0.2, -0.15) is 4.31 Å². The summed E-state index contributed by atoms with van der Waals surface area (Å²) in [6.07, 6.45) is 1.18. The van der Waals surface area contributed by atoms with Crippen molar-refractivity contribution in [2.75, 3.05) is 32.8 Å². The number of sulfonamides is 1. The van der Waals surface area contributed by atoms with Crippen molar-refractivity contribution in [3.05, 3.63) is 17.0 Å². The van der Waals surface area contributed by atoms with Crippen LogP contribution in [0.4, 0.5) is 0 Å². The molecule has 24 heavy (non-hydrogen) atoms. The lowest BCUT2D eigenvalue weighted by Gasteiger charge is -2.34. The number of piperazine rings is 1. The van der Waals surface area contributed by atoms with Crippen LogP contribution in [0.25, 0.3) is 0 Å². The predicted molar refractivity (Wildman–Crippen MR) is 85.6 cm³/mol. The first-order valence-electron chi connectivity index (χ1n) is 7.62. The summed E-state index contributed by atoms with van der Waals surface area (Å²) in [5.74, 6) is -1.23. The molecular formula is C14H18N2O6S2. The summed E-state index contributed by atoms with van der Waals surface area (Å²) >= 11 is 0.895. The second-order valence-electron chi connectivity index (χ2n) is 5.69. The van der Waals surface area contributed by atoms with E-state index in [1.807, 2.05) is 0 Å². The monoisotopic (exact) mass is 374 g/mol. The summed E-state index contributed by atoms with van der Waals surface area (Å²) in [6.45, 7) is 1.61. The number of ether oxygens (including phenoxy) is 1. The van der Waals surface area contributed by atoms with Crippen molar-refractivity contribution < 1.29 is 27.9 Å². The van der Waals surface area contributed by atoms with Crippen molar-refractivity contribution in [3.63, 3.8) is 0 Å². The highest BCUT2D eigenvalue weighted by atomic mass is 32.2. The third-order valence-corrected chi connectivity index (χ3v) is 7.49. The van der Waals surface area contributed by atoms with Gasteiger partial charge in [-0.25, -0.2) is 13.2 Å². The van der Waals surface area contributed by atoms with Crippen LogP contribution >= 0.6 is 11.3 Å². The van der Waals surface area contributed by atoms with Crippen molar-refractivity contribution in [2.45, 2.75) is 23.2 Å². The highest BCUT2D eigenvalue weighted by molar-refractivity contribution is 7.91. The van der Waals surface area contributed by atoms with Gasteiger partial charge in [-0.1, -0.05) is 0 Å². The van der Waals surface area contributed by atoms with Crippen LogP contribution in [0.15, 0.2) is 15.7 Å². The summed E-state index contributed by atoms with van der Waals surface area (Å²) in [5.41, 5.74) is -0.0363. The molecule has 8 nitrogen and oxygen atoms in total. The third kappa shape index (κ3) is 3.32. The summed E-state index contributed by atoms with van der Waals surface area (Å²) in [5, 5.41) is 10.2. The number of hydrogen-bond acceptors (Lipinski definition) is 6. The van der Waals surface area contributed by atoms with E-state index in [4.69, 9.17) is 9.84 Å². The van der Waals surface area contributed by atoms with E-state index < -0.39 is 22.1 Å². The minimum atomic E-state index is -3.72. The molecule has 1 N–H and O–H groups in total. The molecule has 10 heteroatoms. The molecule has 2 aliphatic rings. The molecule has 0 bridgehead atoms. The topological polar surface area (TPSA) is 104 Å². The van der Waals surface area contributed by atoms with Crippen LogP contribution in [-0.2, 0) is 19.6 Å². The number of carbonyl (C=O) groups excluding carboxylic acids is 1. The van der Waals surface area contributed by atoms with E-state index in [1.165, 1.54) is 15.8 Å². The van der Waals surface area contributed by atoms with Gasteiger partial charge < -0.3 is 14.7 Å². The molecule has 132 valence electrons. The maximum atomic E-state index is 12.6. The number of aromatic carboxylic acids is 1. The van der Waals surface area contributed by atoms with Crippen LogP contribution < -0.4 is 0 Å². The Morgan fingerprint density at radius 1 is 1.25 bits per heavy atom. The molecule has 0 saturated carbocycles. The zero-order valence-corrected chi connectivity index (χ0v) is 14.5. The Morgan fingerprint density at radius 2 is 1.96 bits per heavy atom.